The molecule has 0 saturated heterocycles. The van der Waals surface area contributed by atoms with Gasteiger partial charge in [-0.25, -0.2) is 4.98 Å². The molecule has 1 aromatic rings. The van der Waals surface area contributed by atoms with Crippen LogP contribution in [0.4, 0.5) is 5.95 Å². The van der Waals surface area contributed by atoms with E-state index in [9.17, 15) is 0 Å². The maximum Gasteiger partial charge on any atom is 0.200 e. The van der Waals surface area contributed by atoms with Gasteiger partial charge in [-0.3, -0.25) is 0 Å². The third-order valence-electron chi connectivity index (χ3n) is 3.76. The molecule has 0 radical (unpaired) electrons. The van der Waals surface area contributed by atoms with Gasteiger partial charge in [-0.15, -0.1) is 0 Å². The maximum atomic E-state index is 5.82. The maximum absolute atomic E-state index is 5.82. The van der Waals surface area contributed by atoms with Crippen molar-refractivity contribution >= 4 is 5.95 Å². The molecule has 0 amide bonds. The van der Waals surface area contributed by atoms with Crippen molar-refractivity contribution in [1.29, 1.82) is 0 Å². The van der Waals surface area contributed by atoms with Crippen LogP contribution in [0.2, 0.25) is 0 Å². The molecular formula is C11H19N3. The number of hydrogen-bond acceptors (Lipinski definition) is 2. The average Bonchev–Trinajstić information content (AvgIpc) is 2.72. The number of nitrogens with two attached hydrogens (primary N) is 1. The fourth-order valence-corrected chi connectivity index (χ4v) is 2.80. The first-order valence-corrected chi connectivity index (χ1v) is 5.52. The lowest BCUT2D eigenvalue weighted by molar-refractivity contribution is 0.332. The highest BCUT2D eigenvalue weighted by Gasteiger charge is 2.33. The molecule has 0 aromatic carbocycles. The van der Waals surface area contributed by atoms with Gasteiger partial charge < -0.3 is 10.3 Å². The van der Waals surface area contributed by atoms with Crippen molar-refractivity contribution < 1.29 is 0 Å². The molecule has 1 heterocycles. The summed E-state index contributed by atoms with van der Waals surface area (Å²) in [5, 5.41) is 0. The van der Waals surface area contributed by atoms with Gasteiger partial charge in [0, 0.05) is 18.4 Å². The molecular weight excluding hydrogens is 174 g/mol. The lowest BCUT2D eigenvalue weighted by atomic mass is 9.93. The van der Waals surface area contributed by atoms with Crippen molar-refractivity contribution in [2.45, 2.75) is 39.2 Å². The van der Waals surface area contributed by atoms with Crippen LogP contribution in [0, 0.1) is 11.8 Å². The topological polar surface area (TPSA) is 43.8 Å². The zero-order valence-electron chi connectivity index (χ0n) is 8.98. The average molecular weight is 193 g/mol. The summed E-state index contributed by atoms with van der Waals surface area (Å²) >= 11 is 0. The predicted molar refractivity (Wildman–Crippen MR) is 57.9 cm³/mol. The summed E-state index contributed by atoms with van der Waals surface area (Å²) in [5.41, 5.74) is 5.82. The number of anilines is 1. The zero-order valence-corrected chi connectivity index (χ0v) is 8.98. The molecule has 1 aliphatic rings. The van der Waals surface area contributed by atoms with Crippen LogP contribution in [0.1, 0.15) is 39.2 Å². The highest BCUT2D eigenvalue weighted by Crippen LogP contribution is 2.42. The smallest absolute Gasteiger partial charge is 0.200 e. The molecule has 1 aliphatic carbocycles. The van der Waals surface area contributed by atoms with Crippen molar-refractivity contribution in [2.75, 3.05) is 5.73 Å². The molecule has 3 heteroatoms. The summed E-state index contributed by atoms with van der Waals surface area (Å²) in [6.07, 6.45) is 7.67. The Labute approximate surface area is 85.3 Å². The van der Waals surface area contributed by atoms with Crippen molar-refractivity contribution in [2.24, 2.45) is 11.8 Å². The minimum Gasteiger partial charge on any atom is -0.369 e. The SMILES string of the molecule is CCC1CCC(n2ccnc2N)C1C. The van der Waals surface area contributed by atoms with Crippen LogP contribution in [0.25, 0.3) is 0 Å². The van der Waals surface area contributed by atoms with Crippen molar-refractivity contribution in [1.82, 2.24) is 9.55 Å². The van der Waals surface area contributed by atoms with E-state index in [1.165, 1.54) is 19.3 Å². The molecule has 1 aromatic heterocycles. The Morgan fingerprint density at radius 1 is 1.57 bits per heavy atom. The standard InChI is InChI=1S/C11H19N3/c1-3-9-4-5-10(8(9)2)14-7-6-13-11(14)12/h6-10H,3-5H2,1-2H3,(H2,12,13). The normalized spacial score (nSPS) is 32.3. The fraction of sp³-hybridized carbons (Fsp3) is 0.727. The summed E-state index contributed by atoms with van der Waals surface area (Å²) in [6, 6.07) is 0.572. The van der Waals surface area contributed by atoms with E-state index < -0.39 is 0 Å². The molecule has 0 spiro atoms. The van der Waals surface area contributed by atoms with Gasteiger partial charge >= 0.3 is 0 Å². The molecule has 1 fully saturated rings. The van der Waals surface area contributed by atoms with Crippen LogP contribution in [-0.2, 0) is 0 Å². The van der Waals surface area contributed by atoms with Crippen molar-refractivity contribution in [3.63, 3.8) is 0 Å². The number of nitrogens with zero attached hydrogens (tertiary/aromatic N) is 2. The first-order valence-electron chi connectivity index (χ1n) is 5.52. The van der Waals surface area contributed by atoms with Gasteiger partial charge in [0.25, 0.3) is 0 Å². The number of rotatable bonds is 2. The largest absolute Gasteiger partial charge is 0.369 e. The van der Waals surface area contributed by atoms with Crippen LogP contribution in [0.15, 0.2) is 12.4 Å². The predicted octanol–water partition coefficient (Wildman–Crippen LogP) is 2.46. The lowest BCUT2D eigenvalue weighted by Gasteiger charge is -2.21. The van der Waals surface area contributed by atoms with Gasteiger partial charge in [0.2, 0.25) is 0 Å². The highest BCUT2D eigenvalue weighted by atomic mass is 15.2. The zero-order chi connectivity index (χ0) is 10.1. The first kappa shape index (κ1) is 9.56. The Morgan fingerprint density at radius 2 is 2.36 bits per heavy atom. The summed E-state index contributed by atoms with van der Waals surface area (Å²) < 4.78 is 2.14. The van der Waals surface area contributed by atoms with E-state index in [-0.39, 0.29) is 0 Å². The summed E-state index contributed by atoms with van der Waals surface area (Å²) in [5.74, 6) is 2.26. The third kappa shape index (κ3) is 1.41. The monoisotopic (exact) mass is 193 g/mol. The quantitative estimate of drug-likeness (QED) is 0.784. The summed E-state index contributed by atoms with van der Waals surface area (Å²) in [6.45, 7) is 4.62. The van der Waals surface area contributed by atoms with Gasteiger partial charge in [-0.05, 0) is 24.7 Å². The van der Waals surface area contributed by atoms with E-state index in [1.807, 2.05) is 6.20 Å². The molecule has 14 heavy (non-hydrogen) atoms. The minimum absolute atomic E-state index is 0.572. The van der Waals surface area contributed by atoms with Crippen LogP contribution >= 0.6 is 0 Å². The highest BCUT2D eigenvalue weighted by molar-refractivity contribution is 5.18. The van der Waals surface area contributed by atoms with Crippen LogP contribution in [0.3, 0.4) is 0 Å². The molecule has 3 nitrogen and oxygen atoms in total. The van der Waals surface area contributed by atoms with Crippen molar-refractivity contribution in [3.8, 4) is 0 Å². The first-order chi connectivity index (χ1) is 6.74. The van der Waals surface area contributed by atoms with Crippen LogP contribution in [0.5, 0.6) is 0 Å². The molecule has 3 unspecified atom stereocenters. The molecule has 2 rings (SSSR count). The van der Waals surface area contributed by atoms with E-state index in [0.29, 0.717) is 12.0 Å². The fourth-order valence-electron chi connectivity index (χ4n) is 2.80. The number of nitrogen functional groups attached to an aromatic ring is 1. The molecule has 0 aliphatic heterocycles. The van der Waals surface area contributed by atoms with Gasteiger partial charge in [0.1, 0.15) is 0 Å². The Morgan fingerprint density at radius 3 is 2.86 bits per heavy atom. The lowest BCUT2D eigenvalue weighted by Crippen LogP contribution is -2.16. The Balaban J connectivity index is 2.18. The van der Waals surface area contributed by atoms with Gasteiger partial charge in [-0.2, -0.15) is 0 Å². The molecule has 2 N–H and O–H groups in total. The molecule has 78 valence electrons. The van der Waals surface area contributed by atoms with E-state index in [1.54, 1.807) is 6.20 Å². The Bertz CT molecular complexity index is 305. The molecule has 3 atom stereocenters. The summed E-state index contributed by atoms with van der Waals surface area (Å²) in [7, 11) is 0. The Kier molecular flexibility index (Phi) is 2.48. The van der Waals surface area contributed by atoms with E-state index in [0.717, 1.165) is 11.8 Å². The van der Waals surface area contributed by atoms with Gasteiger partial charge in [0.05, 0.1) is 0 Å². The molecule has 1 saturated carbocycles. The number of aromatic nitrogens is 2. The number of hydrogen-bond donors (Lipinski definition) is 1. The van der Waals surface area contributed by atoms with Gasteiger partial charge in [0.15, 0.2) is 5.95 Å². The van der Waals surface area contributed by atoms with E-state index in [4.69, 9.17) is 5.73 Å². The van der Waals surface area contributed by atoms with E-state index in [2.05, 4.69) is 23.4 Å². The van der Waals surface area contributed by atoms with E-state index >= 15 is 0 Å². The minimum atomic E-state index is 0.572. The van der Waals surface area contributed by atoms with Crippen molar-refractivity contribution in [3.05, 3.63) is 12.4 Å². The second kappa shape index (κ2) is 3.64. The molecule has 0 bridgehead atoms. The third-order valence-corrected chi connectivity index (χ3v) is 3.76. The van der Waals surface area contributed by atoms with Crippen LogP contribution < -0.4 is 5.73 Å². The van der Waals surface area contributed by atoms with Gasteiger partial charge in [-0.1, -0.05) is 20.3 Å². The second-order valence-electron chi connectivity index (χ2n) is 4.36. The Hall–Kier alpha value is -0.990. The summed E-state index contributed by atoms with van der Waals surface area (Å²) in [4.78, 5) is 4.09. The van der Waals surface area contributed by atoms with Crippen LogP contribution in [-0.4, -0.2) is 9.55 Å². The second-order valence-corrected chi connectivity index (χ2v) is 4.36. The number of imidazole rings is 1.